The van der Waals surface area contributed by atoms with E-state index in [1.54, 1.807) is 12.1 Å². The third-order valence-electron chi connectivity index (χ3n) is 2.46. The summed E-state index contributed by atoms with van der Waals surface area (Å²) in [5.74, 6) is -0.376. The molecule has 3 rings (SSSR count). The van der Waals surface area contributed by atoms with Gasteiger partial charge < -0.3 is 0 Å². The van der Waals surface area contributed by atoms with E-state index < -0.39 is 0 Å². The highest BCUT2D eigenvalue weighted by molar-refractivity contribution is 9.10. The average Bonchev–Trinajstić information content (AvgIpc) is 2.74. The molecule has 0 N–H and O–H groups in total. The smallest absolute Gasteiger partial charge is 0.169 e. The number of fused-ring (bicyclic) bond motifs is 1. The second kappa shape index (κ2) is 4.29. The van der Waals surface area contributed by atoms with E-state index in [1.807, 2.05) is 0 Å². The molecule has 0 atom stereocenters. The molecular formula is C11H5BrClFN4. The number of halogens is 3. The second-order valence-corrected chi connectivity index (χ2v) is 4.82. The highest BCUT2D eigenvalue weighted by Gasteiger charge is 2.12. The fourth-order valence-corrected chi connectivity index (χ4v) is 2.17. The van der Waals surface area contributed by atoms with Crippen LogP contribution in [0.4, 0.5) is 4.39 Å². The van der Waals surface area contributed by atoms with Crippen LogP contribution < -0.4 is 0 Å². The molecule has 18 heavy (non-hydrogen) atoms. The Balaban J connectivity index is 2.29. The summed E-state index contributed by atoms with van der Waals surface area (Å²) in [6.07, 6.45) is 2.79. The number of rotatable bonds is 1. The van der Waals surface area contributed by atoms with Crippen molar-refractivity contribution in [3.8, 4) is 5.69 Å². The summed E-state index contributed by atoms with van der Waals surface area (Å²) >= 11 is 9.10. The monoisotopic (exact) mass is 326 g/mol. The Morgan fingerprint density at radius 3 is 2.83 bits per heavy atom. The minimum Gasteiger partial charge on any atom is -0.280 e. The summed E-state index contributed by atoms with van der Waals surface area (Å²) in [5.41, 5.74) is 1.27. The third-order valence-corrected chi connectivity index (χ3v) is 3.23. The summed E-state index contributed by atoms with van der Waals surface area (Å²) in [7, 11) is 0. The van der Waals surface area contributed by atoms with Crippen LogP contribution in [0, 0.1) is 5.82 Å². The van der Waals surface area contributed by atoms with E-state index in [0.717, 1.165) is 0 Å². The van der Waals surface area contributed by atoms with E-state index in [0.29, 0.717) is 21.3 Å². The molecule has 0 aliphatic carbocycles. The molecule has 0 radical (unpaired) electrons. The number of benzene rings is 1. The fraction of sp³-hybridized carbons (Fsp3) is 0. The van der Waals surface area contributed by atoms with Crippen molar-refractivity contribution in [2.75, 3.05) is 0 Å². The molecule has 1 aromatic carbocycles. The molecule has 2 heterocycles. The van der Waals surface area contributed by atoms with Gasteiger partial charge in [0.1, 0.15) is 24.0 Å². The van der Waals surface area contributed by atoms with Crippen LogP contribution in [-0.4, -0.2) is 19.5 Å². The first kappa shape index (κ1) is 11.6. The van der Waals surface area contributed by atoms with Gasteiger partial charge in [-0.25, -0.2) is 19.3 Å². The van der Waals surface area contributed by atoms with Gasteiger partial charge in [-0.3, -0.25) is 4.57 Å². The number of imidazole rings is 1. The maximum atomic E-state index is 13.9. The molecular weight excluding hydrogens is 323 g/mol. The lowest BCUT2D eigenvalue weighted by Gasteiger charge is -2.05. The molecule has 0 aliphatic rings. The average molecular weight is 328 g/mol. The zero-order chi connectivity index (χ0) is 12.7. The van der Waals surface area contributed by atoms with E-state index in [4.69, 9.17) is 11.6 Å². The van der Waals surface area contributed by atoms with Crippen molar-refractivity contribution in [3.05, 3.63) is 46.3 Å². The summed E-state index contributed by atoms with van der Waals surface area (Å²) < 4.78 is 16.1. The zero-order valence-corrected chi connectivity index (χ0v) is 11.2. The minimum atomic E-state index is -0.376. The van der Waals surface area contributed by atoms with Crippen LogP contribution in [0.15, 0.2) is 35.3 Å². The van der Waals surface area contributed by atoms with Crippen LogP contribution in [0.2, 0.25) is 5.15 Å². The standard InChI is InChI=1S/C11H5BrClFN4/c12-6-1-2-8(7(14)3-6)18-5-17-9-10(13)15-4-16-11(9)18/h1-5H. The molecule has 0 saturated carbocycles. The van der Waals surface area contributed by atoms with Crippen LogP contribution in [0.3, 0.4) is 0 Å². The van der Waals surface area contributed by atoms with E-state index in [9.17, 15) is 4.39 Å². The van der Waals surface area contributed by atoms with Gasteiger partial charge in [-0.1, -0.05) is 27.5 Å². The van der Waals surface area contributed by atoms with Gasteiger partial charge in [0.15, 0.2) is 10.8 Å². The van der Waals surface area contributed by atoms with Gasteiger partial charge in [0.2, 0.25) is 0 Å². The first-order chi connectivity index (χ1) is 8.66. The summed E-state index contributed by atoms with van der Waals surface area (Å²) in [4.78, 5) is 12.0. The van der Waals surface area contributed by atoms with Crippen LogP contribution >= 0.6 is 27.5 Å². The molecule has 3 aromatic rings. The number of aromatic nitrogens is 4. The lowest BCUT2D eigenvalue weighted by Crippen LogP contribution is -1.97. The molecule has 7 heteroatoms. The zero-order valence-electron chi connectivity index (χ0n) is 8.81. The predicted octanol–water partition coefficient (Wildman–Crippen LogP) is 3.37. The van der Waals surface area contributed by atoms with Crippen LogP contribution in [0.5, 0.6) is 0 Å². The Labute approximate surface area is 115 Å². The SMILES string of the molecule is Fc1cc(Br)ccc1-n1cnc2c(Cl)ncnc21. The topological polar surface area (TPSA) is 43.6 Å². The number of nitrogens with zero attached hydrogens (tertiary/aromatic N) is 4. The van der Waals surface area contributed by atoms with Crippen molar-refractivity contribution in [1.82, 2.24) is 19.5 Å². The molecule has 0 fully saturated rings. The van der Waals surface area contributed by atoms with Gasteiger partial charge in [0.25, 0.3) is 0 Å². The van der Waals surface area contributed by atoms with Crippen LogP contribution in [0.1, 0.15) is 0 Å². The molecule has 0 amide bonds. The lowest BCUT2D eigenvalue weighted by molar-refractivity contribution is 0.618. The van der Waals surface area contributed by atoms with Crippen molar-refractivity contribution in [2.45, 2.75) is 0 Å². The fourth-order valence-electron chi connectivity index (χ4n) is 1.66. The summed E-state index contributed by atoms with van der Waals surface area (Å²) in [6.45, 7) is 0. The Morgan fingerprint density at radius 2 is 2.06 bits per heavy atom. The molecule has 2 aromatic heterocycles. The number of hydrogen-bond donors (Lipinski definition) is 0. The lowest BCUT2D eigenvalue weighted by atomic mass is 10.3. The molecule has 0 aliphatic heterocycles. The van der Waals surface area contributed by atoms with Crippen molar-refractivity contribution in [2.24, 2.45) is 0 Å². The Kier molecular flexibility index (Phi) is 2.76. The molecule has 0 spiro atoms. The van der Waals surface area contributed by atoms with Gasteiger partial charge in [0, 0.05) is 4.47 Å². The normalized spacial score (nSPS) is 11.1. The maximum Gasteiger partial charge on any atom is 0.169 e. The van der Waals surface area contributed by atoms with Gasteiger partial charge >= 0.3 is 0 Å². The molecule has 90 valence electrons. The van der Waals surface area contributed by atoms with Crippen molar-refractivity contribution in [3.63, 3.8) is 0 Å². The number of hydrogen-bond acceptors (Lipinski definition) is 3. The quantitative estimate of drug-likeness (QED) is 0.644. The van der Waals surface area contributed by atoms with Crippen molar-refractivity contribution in [1.29, 1.82) is 0 Å². The van der Waals surface area contributed by atoms with E-state index in [1.165, 1.54) is 23.3 Å². The first-order valence-corrected chi connectivity index (χ1v) is 6.13. The molecule has 4 nitrogen and oxygen atoms in total. The van der Waals surface area contributed by atoms with Crippen LogP contribution in [0.25, 0.3) is 16.9 Å². The summed E-state index contributed by atoms with van der Waals surface area (Å²) in [6, 6.07) is 4.76. The predicted molar refractivity (Wildman–Crippen MR) is 69.3 cm³/mol. The molecule has 0 bridgehead atoms. The van der Waals surface area contributed by atoms with E-state index >= 15 is 0 Å². The molecule has 0 unspecified atom stereocenters. The highest BCUT2D eigenvalue weighted by Crippen LogP contribution is 2.24. The highest BCUT2D eigenvalue weighted by atomic mass is 79.9. The maximum absolute atomic E-state index is 13.9. The first-order valence-electron chi connectivity index (χ1n) is 4.96. The second-order valence-electron chi connectivity index (χ2n) is 3.55. The van der Waals surface area contributed by atoms with Gasteiger partial charge in [-0.05, 0) is 18.2 Å². The summed E-state index contributed by atoms with van der Waals surface area (Å²) in [5, 5.41) is 0.247. The van der Waals surface area contributed by atoms with Gasteiger partial charge in [-0.15, -0.1) is 0 Å². The van der Waals surface area contributed by atoms with Gasteiger partial charge in [0.05, 0.1) is 5.69 Å². The Morgan fingerprint density at radius 1 is 1.22 bits per heavy atom. The van der Waals surface area contributed by atoms with E-state index in [-0.39, 0.29) is 11.0 Å². The van der Waals surface area contributed by atoms with Crippen LogP contribution in [-0.2, 0) is 0 Å². The van der Waals surface area contributed by atoms with E-state index in [2.05, 4.69) is 30.9 Å². The molecule has 0 saturated heterocycles. The third kappa shape index (κ3) is 1.77. The van der Waals surface area contributed by atoms with Gasteiger partial charge in [-0.2, -0.15) is 0 Å². The Hall–Kier alpha value is -1.53. The largest absolute Gasteiger partial charge is 0.280 e. The van der Waals surface area contributed by atoms with Crippen molar-refractivity contribution < 1.29 is 4.39 Å². The minimum absolute atomic E-state index is 0.247. The Bertz CT molecular complexity index is 743. The van der Waals surface area contributed by atoms with Crippen molar-refractivity contribution >= 4 is 38.7 Å².